The number of nitrogens with one attached hydrogen (secondary N) is 2. The number of halogens is 1. The zero-order chi connectivity index (χ0) is 22.1. The van der Waals surface area contributed by atoms with Crippen LogP contribution in [0.2, 0.25) is 0 Å². The van der Waals surface area contributed by atoms with Gasteiger partial charge in [0.2, 0.25) is 0 Å². The van der Waals surface area contributed by atoms with Crippen molar-refractivity contribution in [1.82, 2.24) is 10.2 Å². The van der Waals surface area contributed by atoms with Crippen molar-refractivity contribution in [3.05, 3.63) is 48.3 Å². The summed E-state index contributed by atoms with van der Waals surface area (Å²) in [6.45, 7) is 5.36. The number of methoxy groups -OCH3 is 2. The standard InChI is InChI=1S/C23H32FN5O2/c1-25-23(27-18-9-10-21(30-2)22(17-18)31-3)26-11-6-12-28-13-15-29(16-14-28)20-8-5-4-7-19(20)24/h4-5,7-10,17H,6,11-16H2,1-3H3,(H2,25,26,27). The smallest absolute Gasteiger partial charge is 0.195 e. The van der Waals surface area contributed by atoms with Crippen LogP contribution in [0.15, 0.2) is 47.5 Å². The highest BCUT2D eigenvalue weighted by molar-refractivity contribution is 5.93. The van der Waals surface area contributed by atoms with E-state index < -0.39 is 0 Å². The fourth-order valence-electron chi connectivity index (χ4n) is 3.66. The molecule has 1 fully saturated rings. The zero-order valence-electron chi connectivity index (χ0n) is 18.5. The Hall–Kier alpha value is -3.00. The van der Waals surface area contributed by atoms with Crippen LogP contribution in [0, 0.1) is 5.82 Å². The van der Waals surface area contributed by atoms with E-state index in [-0.39, 0.29) is 5.82 Å². The number of piperazine rings is 1. The molecule has 0 atom stereocenters. The van der Waals surface area contributed by atoms with Crippen LogP contribution in [0.1, 0.15) is 6.42 Å². The number of hydrogen-bond donors (Lipinski definition) is 2. The minimum absolute atomic E-state index is 0.145. The summed E-state index contributed by atoms with van der Waals surface area (Å²) in [5.74, 6) is 1.91. The molecule has 0 saturated carbocycles. The van der Waals surface area contributed by atoms with Gasteiger partial charge in [0.25, 0.3) is 0 Å². The molecule has 0 bridgehead atoms. The Morgan fingerprint density at radius 1 is 1.03 bits per heavy atom. The highest BCUT2D eigenvalue weighted by atomic mass is 19.1. The molecule has 0 spiro atoms. The summed E-state index contributed by atoms with van der Waals surface area (Å²) in [6, 6.07) is 12.6. The van der Waals surface area contributed by atoms with Crippen LogP contribution in [0.25, 0.3) is 0 Å². The molecular formula is C23H32FN5O2. The van der Waals surface area contributed by atoms with Crippen LogP contribution in [-0.2, 0) is 0 Å². The minimum atomic E-state index is -0.145. The number of hydrogen-bond acceptors (Lipinski definition) is 5. The van der Waals surface area contributed by atoms with E-state index in [0.717, 1.165) is 51.4 Å². The zero-order valence-corrected chi connectivity index (χ0v) is 18.5. The number of benzene rings is 2. The molecule has 2 N–H and O–H groups in total. The molecule has 2 aromatic carbocycles. The van der Waals surface area contributed by atoms with E-state index in [2.05, 4.69) is 25.4 Å². The van der Waals surface area contributed by atoms with Crippen molar-refractivity contribution in [1.29, 1.82) is 0 Å². The topological polar surface area (TPSA) is 61.4 Å². The second kappa shape index (κ2) is 11.4. The molecule has 1 aliphatic rings. The number of rotatable bonds is 8. The predicted molar refractivity (Wildman–Crippen MR) is 124 cm³/mol. The van der Waals surface area contributed by atoms with Crippen LogP contribution < -0.4 is 25.0 Å². The van der Waals surface area contributed by atoms with Crippen LogP contribution in [0.5, 0.6) is 11.5 Å². The molecule has 0 aromatic heterocycles. The largest absolute Gasteiger partial charge is 0.493 e. The summed E-state index contributed by atoms with van der Waals surface area (Å²) in [7, 11) is 4.98. The molecule has 31 heavy (non-hydrogen) atoms. The van der Waals surface area contributed by atoms with E-state index in [1.165, 1.54) is 6.07 Å². The SMILES string of the molecule is CN=C(NCCCN1CCN(c2ccccc2F)CC1)Nc1ccc(OC)c(OC)c1. The molecule has 8 heteroatoms. The van der Waals surface area contributed by atoms with E-state index in [9.17, 15) is 4.39 Å². The molecule has 0 radical (unpaired) electrons. The molecule has 7 nitrogen and oxygen atoms in total. The quantitative estimate of drug-likeness (QED) is 0.382. The maximum absolute atomic E-state index is 14.0. The second-order valence-electron chi connectivity index (χ2n) is 7.33. The van der Waals surface area contributed by atoms with Crippen molar-refractivity contribution in [2.24, 2.45) is 4.99 Å². The Balaban J connectivity index is 1.39. The van der Waals surface area contributed by atoms with E-state index in [0.29, 0.717) is 23.1 Å². The molecular weight excluding hydrogens is 397 g/mol. The van der Waals surface area contributed by atoms with Crippen molar-refractivity contribution in [3.8, 4) is 11.5 Å². The maximum atomic E-state index is 14.0. The average Bonchev–Trinajstić information content (AvgIpc) is 2.81. The van der Waals surface area contributed by atoms with Crippen molar-refractivity contribution >= 4 is 17.3 Å². The normalized spacial score (nSPS) is 15.0. The summed E-state index contributed by atoms with van der Waals surface area (Å²) in [4.78, 5) is 8.83. The Morgan fingerprint density at radius 2 is 1.77 bits per heavy atom. The molecule has 1 saturated heterocycles. The van der Waals surface area contributed by atoms with E-state index in [1.807, 2.05) is 30.3 Å². The van der Waals surface area contributed by atoms with Crippen LogP contribution in [0.4, 0.5) is 15.8 Å². The van der Waals surface area contributed by atoms with Crippen molar-refractivity contribution in [2.75, 3.05) is 70.8 Å². The van der Waals surface area contributed by atoms with Crippen LogP contribution in [-0.4, -0.2) is 71.4 Å². The summed E-state index contributed by atoms with van der Waals surface area (Å²) < 4.78 is 24.6. The molecule has 2 aromatic rings. The molecule has 3 rings (SSSR count). The lowest BCUT2D eigenvalue weighted by atomic mass is 10.2. The van der Waals surface area contributed by atoms with Gasteiger partial charge in [-0.3, -0.25) is 9.89 Å². The Morgan fingerprint density at radius 3 is 2.45 bits per heavy atom. The number of nitrogens with zero attached hydrogens (tertiary/aromatic N) is 3. The maximum Gasteiger partial charge on any atom is 0.195 e. The van der Waals surface area contributed by atoms with Gasteiger partial charge in [-0.15, -0.1) is 0 Å². The summed E-state index contributed by atoms with van der Waals surface area (Å²) in [6.07, 6.45) is 0.992. The minimum Gasteiger partial charge on any atom is -0.493 e. The molecule has 1 aliphatic heterocycles. The van der Waals surface area contributed by atoms with Gasteiger partial charge in [-0.1, -0.05) is 12.1 Å². The Labute approximate surface area is 183 Å². The lowest BCUT2D eigenvalue weighted by molar-refractivity contribution is 0.255. The first-order chi connectivity index (χ1) is 15.1. The number of anilines is 2. The molecule has 0 amide bonds. The third kappa shape index (κ3) is 6.24. The van der Waals surface area contributed by atoms with Gasteiger partial charge in [-0.25, -0.2) is 4.39 Å². The van der Waals surface area contributed by atoms with Crippen molar-refractivity contribution < 1.29 is 13.9 Å². The average molecular weight is 430 g/mol. The fourth-order valence-corrected chi connectivity index (χ4v) is 3.66. The van der Waals surface area contributed by atoms with Gasteiger partial charge in [-0.2, -0.15) is 0 Å². The third-order valence-electron chi connectivity index (χ3n) is 5.38. The monoisotopic (exact) mass is 429 g/mol. The first-order valence-electron chi connectivity index (χ1n) is 10.6. The number of aliphatic imine (C=N–C) groups is 1. The molecule has 1 heterocycles. The second-order valence-corrected chi connectivity index (χ2v) is 7.33. The Bertz CT molecular complexity index is 869. The van der Waals surface area contributed by atoms with Gasteiger partial charge in [0.05, 0.1) is 19.9 Å². The molecule has 0 aliphatic carbocycles. The van der Waals surface area contributed by atoms with Gasteiger partial charge in [0.1, 0.15) is 5.82 Å². The lowest BCUT2D eigenvalue weighted by Crippen LogP contribution is -2.47. The summed E-state index contributed by atoms with van der Waals surface area (Å²) >= 11 is 0. The molecule has 168 valence electrons. The van der Waals surface area contributed by atoms with Crippen LogP contribution in [0.3, 0.4) is 0 Å². The van der Waals surface area contributed by atoms with E-state index in [1.54, 1.807) is 27.3 Å². The summed E-state index contributed by atoms with van der Waals surface area (Å²) in [5.41, 5.74) is 1.57. The van der Waals surface area contributed by atoms with Gasteiger partial charge in [0, 0.05) is 51.5 Å². The van der Waals surface area contributed by atoms with Crippen molar-refractivity contribution in [3.63, 3.8) is 0 Å². The molecule has 0 unspecified atom stereocenters. The van der Waals surface area contributed by atoms with Crippen molar-refractivity contribution in [2.45, 2.75) is 6.42 Å². The van der Waals surface area contributed by atoms with Gasteiger partial charge >= 0.3 is 0 Å². The predicted octanol–water partition coefficient (Wildman–Crippen LogP) is 3.04. The van der Waals surface area contributed by atoms with Gasteiger partial charge < -0.3 is 25.0 Å². The van der Waals surface area contributed by atoms with Gasteiger partial charge in [-0.05, 0) is 37.2 Å². The third-order valence-corrected chi connectivity index (χ3v) is 5.38. The highest BCUT2D eigenvalue weighted by Crippen LogP contribution is 2.29. The Kier molecular flexibility index (Phi) is 8.35. The first-order valence-corrected chi connectivity index (χ1v) is 10.6. The first kappa shape index (κ1) is 22.7. The lowest BCUT2D eigenvalue weighted by Gasteiger charge is -2.36. The summed E-state index contributed by atoms with van der Waals surface area (Å²) in [5, 5.41) is 6.62. The number of para-hydroxylation sites is 1. The fraction of sp³-hybridized carbons (Fsp3) is 0.435. The number of guanidine groups is 1. The highest BCUT2D eigenvalue weighted by Gasteiger charge is 2.18. The number of ether oxygens (including phenoxy) is 2. The van der Waals surface area contributed by atoms with E-state index >= 15 is 0 Å². The van der Waals surface area contributed by atoms with Gasteiger partial charge in [0.15, 0.2) is 17.5 Å². The van der Waals surface area contributed by atoms with E-state index in [4.69, 9.17) is 9.47 Å². The van der Waals surface area contributed by atoms with Crippen LogP contribution >= 0.6 is 0 Å².